The third kappa shape index (κ3) is 5.48. The molecule has 104 valence electrons. The molecule has 1 aromatic rings. The lowest BCUT2D eigenvalue weighted by molar-refractivity contribution is -0.384. The Bertz CT molecular complexity index is 448. The van der Waals surface area contributed by atoms with Gasteiger partial charge >= 0.3 is 5.97 Å². The number of carbonyl (C=O) groups is 1. The van der Waals surface area contributed by atoms with Crippen molar-refractivity contribution in [3.63, 3.8) is 0 Å². The van der Waals surface area contributed by atoms with Crippen molar-refractivity contribution in [2.24, 2.45) is 0 Å². The standard InChI is InChI=1S/C13H18N2O4/c1-3-13(16)19-10(2)8-14-9-11-5-4-6-12(7-11)15(17)18/h4-7,10,14H,3,8-9H2,1-2H3. The Balaban J connectivity index is 2.38. The molecule has 1 N–H and O–H groups in total. The maximum Gasteiger partial charge on any atom is 0.305 e. The van der Waals surface area contributed by atoms with Crippen molar-refractivity contribution >= 4 is 11.7 Å². The van der Waals surface area contributed by atoms with Crippen LogP contribution in [0, 0.1) is 10.1 Å². The first-order chi connectivity index (χ1) is 9.02. The lowest BCUT2D eigenvalue weighted by atomic mass is 10.2. The van der Waals surface area contributed by atoms with Gasteiger partial charge in [-0.25, -0.2) is 0 Å². The largest absolute Gasteiger partial charge is 0.461 e. The van der Waals surface area contributed by atoms with Crippen LogP contribution in [0.5, 0.6) is 0 Å². The Kier molecular flexibility index (Phi) is 5.95. The highest BCUT2D eigenvalue weighted by Crippen LogP contribution is 2.12. The molecule has 6 heteroatoms. The molecule has 0 spiro atoms. The second-order valence-corrected chi connectivity index (χ2v) is 4.21. The van der Waals surface area contributed by atoms with Crippen molar-refractivity contribution in [1.29, 1.82) is 0 Å². The molecule has 1 unspecified atom stereocenters. The minimum atomic E-state index is -0.421. The van der Waals surface area contributed by atoms with E-state index in [9.17, 15) is 14.9 Å². The van der Waals surface area contributed by atoms with Crippen LogP contribution in [0.3, 0.4) is 0 Å². The van der Waals surface area contributed by atoms with Gasteiger partial charge in [-0.2, -0.15) is 0 Å². The predicted molar refractivity (Wildman–Crippen MR) is 70.6 cm³/mol. The van der Waals surface area contributed by atoms with E-state index in [0.717, 1.165) is 5.56 Å². The molecule has 1 rings (SSSR count). The zero-order valence-electron chi connectivity index (χ0n) is 11.1. The number of nitro groups is 1. The first-order valence-electron chi connectivity index (χ1n) is 6.16. The number of nitro benzene ring substituents is 1. The van der Waals surface area contributed by atoms with Crippen molar-refractivity contribution in [3.05, 3.63) is 39.9 Å². The number of esters is 1. The fourth-order valence-corrected chi connectivity index (χ4v) is 1.55. The van der Waals surface area contributed by atoms with Crippen LogP contribution in [0.2, 0.25) is 0 Å². The molecular weight excluding hydrogens is 248 g/mol. The van der Waals surface area contributed by atoms with Gasteiger partial charge in [0.05, 0.1) is 4.92 Å². The Hall–Kier alpha value is -1.95. The Morgan fingerprint density at radius 1 is 1.53 bits per heavy atom. The van der Waals surface area contributed by atoms with E-state index >= 15 is 0 Å². The Morgan fingerprint density at radius 3 is 2.89 bits per heavy atom. The monoisotopic (exact) mass is 266 g/mol. The van der Waals surface area contributed by atoms with Crippen LogP contribution in [0.1, 0.15) is 25.8 Å². The number of rotatable bonds is 7. The first-order valence-corrected chi connectivity index (χ1v) is 6.16. The summed E-state index contributed by atoms with van der Waals surface area (Å²) in [5, 5.41) is 13.7. The summed E-state index contributed by atoms with van der Waals surface area (Å²) in [7, 11) is 0. The maximum atomic E-state index is 11.1. The zero-order chi connectivity index (χ0) is 14.3. The molecular formula is C13H18N2O4. The highest BCUT2D eigenvalue weighted by atomic mass is 16.6. The summed E-state index contributed by atoms with van der Waals surface area (Å²) < 4.78 is 5.09. The van der Waals surface area contributed by atoms with Gasteiger partial charge < -0.3 is 10.1 Å². The topological polar surface area (TPSA) is 81.5 Å². The number of ether oxygens (including phenoxy) is 1. The molecule has 0 aliphatic heterocycles. The van der Waals surface area contributed by atoms with Crippen LogP contribution in [-0.2, 0) is 16.1 Å². The van der Waals surface area contributed by atoms with Crippen molar-refractivity contribution in [2.45, 2.75) is 32.9 Å². The van der Waals surface area contributed by atoms with E-state index in [4.69, 9.17) is 4.74 Å². The SMILES string of the molecule is CCC(=O)OC(C)CNCc1cccc([N+](=O)[O-])c1. The molecule has 0 aromatic heterocycles. The second-order valence-electron chi connectivity index (χ2n) is 4.21. The predicted octanol–water partition coefficient (Wildman–Crippen LogP) is 2.03. The molecule has 0 heterocycles. The van der Waals surface area contributed by atoms with Crippen LogP contribution < -0.4 is 5.32 Å². The zero-order valence-corrected chi connectivity index (χ0v) is 11.1. The molecule has 1 atom stereocenters. The quantitative estimate of drug-likeness (QED) is 0.464. The normalized spacial score (nSPS) is 11.9. The van der Waals surface area contributed by atoms with Gasteiger partial charge in [-0.05, 0) is 12.5 Å². The summed E-state index contributed by atoms with van der Waals surface area (Å²) in [6.45, 7) is 4.55. The summed E-state index contributed by atoms with van der Waals surface area (Å²) in [5.74, 6) is -0.232. The molecule has 0 saturated carbocycles. The van der Waals surface area contributed by atoms with E-state index < -0.39 is 4.92 Å². The number of hydrogen-bond acceptors (Lipinski definition) is 5. The van der Waals surface area contributed by atoms with E-state index in [2.05, 4.69) is 5.32 Å². The van der Waals surface area contributed by atoms with E-state index in [1.165, 1.54) is 12.1 Å². The highest BCUT2D eigenvalue weighted by Gasteiger charge is 2.08. The average molecular weight is 266 g/mol. The van der Waals surface area contributed by atoms with Crippen LogP contribution in [-0.4, -0.2) is 23.5 Å². The Morgan fingerprint density at radius 2 is 2.26 bits per heavy atom. The van der Waals surface area contributed by atoms with Gasteiger partial charge in [-0.3, -0.25) is 14.9 Å². The molecule has 0 amide bonds. The molecule has 0 fully saturated rings. The fourth-order valence-electron chi connectivity index (χ4n) is 1.55. The number of hydrogen-bond donors (Lipinski definition) is 1. The van der Waals surface area contributed by atoms with Gasteiger partial charge in [0.1, 0.15) is 6.10 Å². The summed E-state index contributed by atoms with van der Waals surface area (Å²) in [4.78, 5) is 21.2. The van der Waals surface area contributed by atoms with Crippen LogP contribution in [0.4, 0.5) is 5.69 Å². The van der Waals surface area contributed by atoms with Crippen molar-refractivity contribution in [1.82, 2.24) is 5.32 Å². The smallest absolute Gasteiger partial charge is 0.305 e. The number of nitrogens with zero attached hydrogens (tertiary/aromatic N) is 1. The second kappa shape index (κ2) is 7.48. The molecule has 0 bridgehead atoms. The average Bonchev–Trinajstić information content (AvgIpc) is 2.38. The van der Waals surface area contributed by atoms with Crippen LogP contribution in [0.25, 0.3) is 0 Å². The van der Waals surface area contributed by atoms with Crippen molar-refractivity contribution in [3.8, 4) is 0 Å². The highest BCUT2D eigenvalue weighted by molar-refractivity contribution is 5.69. The third-order valence-corrected chi connectivity index (χ3v) is 2.50. The maximum absolute atomic E-state index is 11.1. The molecule has 19 heavy (non-hydrogen) atoms. The van der Waals surface area contributed by atoms with Crippen LogP contribution in [0.15, 0.2) is 24.3 Å². The van der Waals surface area contributed by atoms with Crippen molar-refractivity contribution in [2.75, 3.05) is 6.54 Å². The third-order valence-electron chi connectivity index (χ3n) is 2.50. The Labute approximate surface area is 111 Å². The molecule has 0 aliphatic carbocycles. The van der Waals surface area contributed by atoms with Gasteiger partial charge in [0, 0.05) is 31.6 Å². The number of non-ortho nitro benzene ring substituents is 1. The van der Waals surface area contributed by atoms with E-state index in [1.807, 2.05) is 6.07 Å². The molecule has 0 saturated heterocycles. The van der Waals surface area contributed by atoms with Gasteiger partial charge in [0.15, 0.2) is 0 Å². The van der Waals surface area contributed by atoms with Gasteiger partial charge in [-0.15, -0.1) is 0 Å². The number of carbonyl (C=O) groups excluding carboxylic acids is 1. The molecule has 6 nitrogen and oxygen atoms in total. The molecule has 1 aromatic carbocycles. The lowest BCUT2D eigenvalue weighted by Crippen LogP contribution is -2.28. The summed E-state index contributed by atoms with van der Waals surface area (Å²) in [6.07, 6.45) is 0.140. The lowest BCUT2D eigenvalue weighted by Gasteiger charge is -2.13. The van der Waals surface area contributed by atoms with E-state index in [-0.39, 0.29) is 17.8 Å². The summed E-state index contributed by atoms with van der Waals surface area (Å²) >= 11 is 0. The minimum absolute atomic E-state index is 0.0739. The number of nitrogens with one attached hydrogen (secondary N) is 1. The van der Waals surface area contributed by atoms with E-state index in [1.54, 1.807) is 19.9 Å². The molecule has 0 aliphatic rings. The van der Waals surface area contributed by atoms with Crippen molar-refractivity contribution < 1.29 is 14.5 Å². The summed E-state index contributed by atoms with van der Waals surface area (Å²) in [6, 6.07) is 6.43. The van der Waals surface area contributed by atoms with Gasteiger partial charge in [0.2, 0.25) is 0 Å². The minimum Gasteiger partial charge on any atom is -0.461 e. The first kappa shape index (κ1) is 15.1. The van der Waals surface area contributed by atoms with Gasteiger partial charge in [0.25, 0.3) is 5.69 Å². The summed E-state index contributed by atoms with van der Waals surface area (Å²) in [5.41, 5.74) is 0.896. The number of benzene rings is 1. The fraction of sp³-hybridized carbons (Fsp3) is 0.462. The molecule has 0 radical (unpaired) electrons. The van der Waals surface area contributed by atoms with Gasteiger partial charge in [-0.1, -0.05) is 19.1 Å². The van der Waals surface area contributed by atoms with E-state index in [0.29, 0.717) is 19.5 Å². The van der Waals surface area contributed by atoms with Crippen LogP contribution >= 0.6 is 0 Å².